The zero-order valence-corrected chi connectivity index (χ0v) is 8.52. The monoisotopic (exact) mass is 219 g/mol. The lowest BCUT2D eigenvalue weighted by Gasteiger charge is -2.14. The summed E-state index contributed by atoms with van der Waals surface area (Å²) in [5.41, 5.74) is -1.32. The number of hydrogen-bond donors (Lipinski definition) is 1. The number of anilines is 1. The maximum atomic E-state index is 13.0. The number of hydrogen-bond acceptors (Lipinski definition) is 3. The molecule has 0 aliphatic carbocycles. The molecule has 0 spiro atoms. The Hall–Kier alpha value is -1.33. The van der Waals surface area contributed by atoms with Gasteiger partial charge in [0.1, 0.15) is 11.5 Å². The summed E-state index contributed by atoms with van der Waals surface area (Å²) in [7, 11) is 0. The highest BCUT2D eigenvalue weighted by atomic mass is 19.1. The van der Waals surface area contributed by atoms with Crippen molar-refractivity contribution in [2.24, 2.45) is 0 Å². The third-order valence-electron chi connectivity index (χ3n) is 1.69. The van der Waals surface area contributed by atoms with Crippen LogP contribution in [-0.2, 0) is 0 Å². The van der Waals surface area contributed by atoms with Gasteiger partial charge >= 0.3 is 6.08 Å². The summed E-state index contributed by atoms with van der Waals surface area (Å²) in [5, 5.41) is 2.61. The van der Waals surface area contributed by atoms with Gasteiger partial charge in [-0.05, 0) is 20.3 Å². The minimum absolute atomic E-state index is 0.0178. The highest BCUT2D eigenvalue weighted by molar-refractivity contribution is 5.32. The van der Waals surface area contributed by atoms with E-state index in [1.807, 2.05) is 0 Å². The summed E-state index contributed by atoms with van der Waals surface area (Å²) in [6.45, 7) is 3.10. The number of halogens is 3. The highest BCUT2D eigenvalue weighted by Crippen LogP contribution is 2.13. The third-order valence-corrected chi connectivity index (χ3v) is 1.69. The molecule has 0 saturated carbocycles. The Morgan fingerprint density at radius 2 is 2.00 bits per heavy atom. The normalized spacial score (nSPS) is 11.5. The Labute approximate surface area is 85.7 Å². The van der Waals surface area contributed by atoms with Gasteiger partial charge in [-0.15, -0.1) is 0 Å². The van der Waals surface area contributed by atoms with Gasteiger partial charge in [-0.1, -0.05) is 0 Å². The second-order valence-corrected chi connectivity index (χ2v) is 3.74. The SMILES string of the molecule is CC(C)(F)CCNc1cc(F)nc(F)n1. The first-order valence-electron chi connectivity index (χ1n) is 4.50. The molecule has 0 radical (unpaired) electrons. The van der Waals surface area contributed by atoms with Crippen LogP contribution in [0.3, 0.4) is 0 Å². The van der Waals surface area contributed by atoms with E-state index in [1.54, 1.807) is 0 Å². The molecule has 6 heteroatoms. The molecule has 84 valence electrons. The molecule has 0 unspecified atom stereocenters. The topological polar surface area (TPSA) is 37.8 Å². The molecular weight excluding hydrogens is 207 g/mol. The van der Waals surface area contributed by atoms with Crippen LogP contribution in [0.1, 0.15) is 20.3 Å². The first-order chi connectivity index (χ1) is 6.87. The molecule has 15 heavy (non-hydrogen) atoms. The van der Waals surface area contributed by atoms with E-state index in [0.717, 1.165) is 6.07 Å². The lowest BCUT2D eigenvalue weighted by Crippen LogP contribution is -2.18. The molecule has 1 aromatic rings. The minimum atomic E-state index is -1.32. The van der Waals surface area contributed by atoms with Crippen LogP contribution in [0.25, 0.3) is 0 Å². The number of nitrogens with zero attached hydrogens (tertiary/aromatic N) is 2. The predicted octanol–water partition coefficient (Wildman–Crippen LogP) is 2.30. The van der Waals surface area contributed by atoms with Crippen molar-refractivity contribution in [1.29, 1.82) is 0 Å². The summed E-state index contributed by atoms with van der Waals surface area (Å²) in [5.74, 6) is -0.936. The van der Waals surface area contributed by atoms with Crippen molar-refractivity contribution in [3.05, 3.63) is 18.1 Å². The van der Waals surface area contributed by atoms with Gasteiger partial charge in [0.25, 0.3) is 0 Å². The zero-order valence-electron chi connectivity index (χ0n) is 8.52. The molecule has 1 rings (SSSR count). The van der Waals surface area contributed by atoms with Crippen molar-refractivity contribution in [2.75, 3.05) is 11.9 Å². The van der Waals surface area contributed by atoms with Gasteiger partial charge in [-0.3, -0.25) is 0 Å². The average Bonchev–Trinajstić information content (AvgIpc) is 1.99. The Kier molecular flexibility index (Phi) is 3.49. The van der Waals surface area contributed by atoms with E-state index >= 15 is 0 Å². The van der Waals surface area contributed by atoms with Gasteiger partial charge in [0.15, 0.2) is 0 Å². The first-order valence-corrected chi connectivity index (χ1v) is 4.50. The lowest BCUT2D eigenvalue weighted by molar-refractivity contribution is 0.207. The number of aromatic nitrogens is 2. The number of alkyl halides is 1. The number of rotatable bonds is 4. The largest absolute Gasteiger partial charge is 0.370 e. The Morgan fingerprint density at radius 1 is 1.33 bits per heavy atom. The summed E-state index contributed by atoms with van der Waals surface area (Å²) in [6.07, 6.45) is -0.919. The standard InChI is InChI=1S/C9H12F3N3/c1-9(2,12)3-4-13-7-5-6(10)14-8(11)15-7/h5H,3-4H2,1-2H3,(H,13,14,15). The van der Waals surface area contributed by atoms with Crippen molar-refractivity contribution in [3.8, 4) is 0 Å². The summed E-state index contributed by atoms with van der Waals surface area (Å²) >= 11 is 0. The second kappa shape index (κ2) is 4.46. The molecular formula is C9H12F3N3. The Balaban J connectivity index is 2.51. The smallest absolute Gasteiger partial charge is 0.313 e. The average molecular weight is 219 g/mol. The zero-order chi connectivity index (χ0) is 11.5. The van der Waals surface area contributed by atoms with Crippen LogP contribution in [-0.4, -0.2) is 22.2 Å². The van der Waals surface area contributed by atoms with Crippen LogP contribution in [0, 0.1) is 12.0 Å². The maximum absolute atomic E-state index is 13.0. The van der Waals surface area contributed by atoms with Gasteiger partial charge in [-0.25, -0.2) is 4.39 Å². The van der Waals surface area contributed by atoms with E-state index in [2.05, 4.69) is 15.3 Å². The molecule has 3 nitrogen and oxygen atoms in total. The highest BCUT2D eigenvalue weighted by Gasteiger charge is 2.14. The fourth-order valence-electron chi connectivity index (χ4n) is 0.968. The maximum Gasteiger partial charge on any atom is 0.313 e. The summed E-state index contributed by atoms with van der Waals surface area (Å²) < 4.78 is 38.1. The molecule has 0 atom stereocenters. The fraction of sp³-hybridized carbons (Fsp3) is 0.556. The van der Waals surface area contributed by atoms with Crippen molar-refractivity contribution in [2.45, 2.75) is 25.9 Å². The van der Waals surface area contributed by atoms with Crippen molar-refractivity contribution in [3.63, 3.8) is 0 Å². The van der Waals surface area contributed by atoms with E-state index in [9.17, 15) is 13.2 Å². The molecule has 1 aromatic heterocycles. The Bertz CT molecular complexity index is 316. The molecule has 0 saturated heterocycles. The molecule has 0 amide bonds. The lowest BCUT2D eigenvalue weighted by atomic mass is 10.1. The molecule has 1 N–H and O–H groups in total. The molecule has 0 fully saturated rings. The van der Waals surface area contributed by atoms with E-state index in [4.69, 9.17) is 0 Å². The minimum Gasteiger partial charge on any atom is -0.370 e. The quantitative estimate of drug-likeness (QED) is 0.623. The Morgan fingerprint density at radius 3 is 2.53 bits per heavy atom. The summed E-state index contributed by atoms with van der Waals surface area (Å²) in [6, 6.07) is 0.953. The van der Waals surface area contributed by atoms with Crippen LogP contribution in [0.5, 0.6) is 0 Å². The first kappa shape index (κ1) is 11.7. The molecule has 0 aliphatic heterocycles. The second-order valence-electron chi connectivity index (χ2n) is 3.74. The molecule has 0 aromatic carbocycles. The number of nitrogens with one attached hydrogen (secondary N) is 1. The van der Waals surface area contributed by atoms with Gasteiger partial charge < -0.3 is 5.32 Å². The van der Waals surface area contributed by atoms with Gasteiger partial charge in [0, 0.05) is 12.6 Å². The van der Waals surface area contributed by atoms with Crippen molar-refractivity contribution >= 4 is 5.82 Å². The van der Waals surface area contributed by atoms with E-state index < -0.39 is 17.7 Å². The van der Waals surface area contributed by atoms with Gasteiger partial charge in [0.05, 0.1) is 0 Å². The van der Waals surface area contributed by atoms with Crippen LogP contribution in [0.2, 0.25) is 0 Å². The van der Waals surface area contributed by atoms with Crippen molar-refractivity contribution in [1.82, 2.24) is 9.97 Å². The van der Waals surface area contributed by atoms with Gasteiger partial charge in [0.2, 0.25) is 5.95 Å². The van der Waals surface area contributed by atoms with E-state index in [0.29, 0.717) is 0 Å². The molecule has 1 heterocycles. The van der Waals surface area contributed by atoms with Crippen LogP contribution < -0.4 is 5.32 Å². The molecule has 0 aliphatic rings. The van der Waals surface area contributed by atoms with Crippen molar-refractivity contribution < 1.29 is 13.2 Å². The third kappa shape index (κ3) is 4.62. The van der Waals surface area contributed by atoms with Crippen LogP contribution in [0.15, 0.2) is 6.07 Å². The summed E-state index contributed by atoms with van der Waals surface area (Å²) in [4.78, 5) is 6.13. The van der Waals surface area contributed by atoms with Crippen LogP contribution >= 0.6 is 0 Å². The van der Waals surface area contributed by atoms with Gasteiger partial charge in [-0.2, -0.15) is 18.7 Å². The van der Waals surface area contributed by atoms with Crippen LogP contribution in [0.4, 0.5) is 19.0 Å². The predicted molar refractivity (Wildman–Crippen MR) is 50.2 cm³/mol. The molecule has 0 bridgehead atoms. The van der Waals surface area contributed by atoms with E-state index in [-0.39, 0.29) is 18.8 Å². The fourth-order valence-corrected chi connectivity index (χ4v) is 0.968. The van der Waals surface area contributed by atoms with E-state index in [1.165, 1.54) is 13.8 Å².